The highest BCUT2D eigenvalue weighted by Gasteiger charge is 2.23. The quantitative estimate of drug-likeness (QED) is 0.836. The molecule has 2 rings (SSSR count). The van der Waals surface area contributed by atoms with Gasteiger partial charge in [-0.05, 0) is 49.1 Å². The number of hydrogen-bond acceptors (Lipinski definition) is 2. The van der Waals surface area contributed by atoms with Crippen molar-refractivity contribution >= 4 is 17.5 Å². The van der Waals surface area contributed by atoms with Crippen LogP contribution in [0.25, 0.3) is 0 Å². The standard InChI is InChI=1S/C20H23FN2O2/c1-13(2)11-18(20(25)22-16-9-6-8-15(21)12-16)23-19(24)17-10-5-4-7-14(17)3/h4-10,12-13,18H,11H2,1-3H3,(H,22,25)(H,23,24)/t18-/m1/s1. The molecule has 2 N–H and O–H groups in total. The summed E-state index contributed by atoms with van der Waals surface area (Å²) in [6.45, 7) is 5.80. The molecule has 0 aliphatic carbocycles. The molecular formula is C20H23FN2O2. The first-order chi connectivity index (χ1) is 11.9. The minimum Gasteiger partial charge on any atom is -0.340 e. The molecule has 0 aromatic heterocycles. The molecule has 2 aromatic rings. The summed E-state index contributed by atoms with van der Waals surface area (Å²) >= 11 is 0. The molecular weight excluding hydrogens is 319 g/mol. The molecule has 0 unspecified atom stereocenters. The second-order valence-corrected chi connectivity index (χ2v) is 6.47. The van der Waals surface area contributed by atoms with Crippen LogP contribution in [0.4, 0.5) is 10.1 Å². The van der Waals surface area contributed by atoms with E-state index in [9.17, 15) is 14.0 Å². The molecule has 25 heavy (non-hydrogen) atoms. The van der Waals surface area contributed by atoms with Crippen molar-refractivity contribution < 1.29 is 14.0 Å². The van der Waals surface area contributed by atoms with Crippen molar-refractivity contribution in [3.63, 3.8) is 0 Å². The Morgan fingerprint density at radius 1 is 1.08 bits per heavy atom. The Morgan fingerprint density at radius 2 is 1.80 bits per heavy atom. The number of hydrogen-bond donors (Lipinski definition) is 2. The summed E-state index contributed by atoms with van der Waals surface area (Å²) in [6.07, 6.45) is 0.485. The molecule has 2 amide bonds. The third kappa shape index (κ3) is 5.41. The van der Waals surface area contributed by atoms with Crippen molar-refractivity contribution in [3.8, 4) is 0 Å². The van der Waals surface area contributed by atoms with Crippen molar-refractivity contribution in [1.82, 2.24) is 5.32 Å². The van der Waals surface area contributed by atoms with Crippen LogP contribution in [0.3, 0.4) is 0 Å². The first-order valence-corrected chi connectivity index (χ1v) is 8.29. The van der Waals surface area contributed by atoms with E-state index in [-0.39, 0.29) is 17.7 Å². The number of anilines is 1. The Bertz CT molecular complexity index is 759. The van der Waals surface area contributed by atoms with Gasteiger partial charge in [0.25, 0.3) is 5.91 Å². The van der Waals surface area contributed by atoms with Crippen LogP contribution in [-0.2, 0) is 4.79 Å². The molecule has 0 bridgehead atoms. The monoisotopic (exact) mass is 342 g/mol. The van der Waals surface area contributed by atoms with Crippen molar-refractivity contribution in [2.75, 3.05) is 5.32 Å². The Balaban J connectivity index is 2.13. The van der Waals surface area contributed by atoms with Gasteiger partial charge in [0.05, 0.1) is 0 Å². The summed E-state index contributed by atoms with van der Waals surface area (Å²) in [5, 5.41) is 5.46. The van der Waals surface area contributed by atoms with Crippen LogP contribution in [0.1, 0.15) is 36.2 Å². The highest BCUT2D eigenvalue weighted by Crippen LogP contribution is 2.13. The first kappa shape index (κ1) is 18.6. The second-order valence-electron chi connectivity index (χ2n) is 6.47. The molecule has 1 atom stereocenters. The van der Waals surface area contributed by atoms with Gasteiger partial charge in [0, 0.05) is 11.3 Å². The molecule has 0 aliphatic rings. The van der Waals surface area contributed by atoms with E-state index >= 15 is 0 Å². The molecule has 0 saturated carbocycles. The average molecular weight is 342 g/mol. The summed E-state index contributed by atoms with van der Waals surface area (Å²) in [7, 11) is 0. The van der Waals surface area contributed by atoms with Crippen molar-refractivity contribution in [2.45, 2.75) is 33.2 Å². The molecule has 132 valence electrons. The van der Waals surface area contributed by atoms with Gasteiger partial charge in [-0.25, -0.2) is 4.39 Å². The fraction of sp³-hybridized carbons (Fsp3) is 0.300. The lowest BCUT2D eigenvalue weighted by molar-refractivity contribution is -0.118. The second kappa shape index (κ2) is 8.42. The lowest BCUT2D eigenvalue weighted by atomic mass is 10.0. The zero-order chi connectivity index (χ0) is 18.4. The highest BCUT2D eigenvalue weighted by atomic mass is 19.1. The van der Waals surface area contributed by atoms with Crippen LogP contribution in [0.15, 0.2) is 48.5 Å². The topological polar surface area (TPSA) is 58.2 Å². The first-order valence-electron chi connectivity index (χ1n) is 8.29. The van der Waals surface area contributed by atoms with Gasteiger partial charge in [-0.15, -0.1) is 0 Å². The minimum absolute atomic E-state index is 0.209. The van der Waals surface area contributed by atoms with Crippen molar-refractivity contribution in [2.24, 2.45) is 5.92 Å². The number of carbonyl (C=O) groups is 2. The molecule has 0 spiro atoms. The number of halogens is 1. The smallest absolute Gasteiger partial charge is 0.252 e. The van der Waals surface area contributed by atoms with Crippen LogP contribution < -0.4 is 10.6 Å². The zero-order valence-electron chi connectivity index (χ0n) is 14.7. The van der Waals surface area contributed by atoms with E-state index in [0.29, 0.717) is 17.7 Å². The van der Waals surface area contributed by atoms with Crippen LogP contribution in [-0.4, -0.2) is 17.9 Å². The van der Waals surface area contributed by atoms with Gasteiger partial charge in [-0.1, -0.05) is 38.1 Å². The van der Waals surface area contributed by atoms with Crippen LogP contribution in [0, 0.1) is 18.7 Å². The van der Waals surface area contributed by atoms with E-state index in [2.05, 4.69) is 10.6 Å². The Morgan fingerprint density at radius 3 is 2.44 bits per heavy atom. The number of carbonyl (C=O) groups excluding carboxylic acids is 2. The van der Waals surface area contributed by atoms with Crippen LogP contribution in [0.5, 0.6) is 0 Å². The van der Waals surface area contributed by atoms with Gasteiger partial charge in [0.15, 0.2) is 0 Å². The Labute approximate surface area is 147 Å². The number of rotatable bonds is 6. The fourth-order valence-electron chi connectivity index (χ4n) is 2.56. The third-order valence-electron chi connectivity index (χ3n) is 3.81. The predicted molar refractivity (Wildman–Crippen MR) is 96.9 cm³/mol. The van der Waals surface area contributed by atoms with E-state index in [1.54, 1.807) is 18.2 Å². The summed E-state index contributed by atoms with van der Waals surface area (Å²) in [6, 6.07) is 12.2. The SMILES string of the molecule is Cc1ccccc1C(=O)N[C@H](CC(C)C)C(=O)Nc1cccc(F)c1. The van der Waals surface area contributed by atoms with E-state index in [1.165, 1.54) is 18.2 Å². The van der Waals surface area contributed by atoms with Gasteiger partial charge in [-0.2, -0.15) is 0 Å². The predicted octanol–water partition coefficient (Wildman–Crippen LogP) is 3.92. The average Bonchev–Trinajstić information content (AvgIpc) is 2.54. The largest absolute Gasteiger partial charge is 0.340 e. The Hall–Kier alpha value is -2.69. The minimum atomic E-state index is -0.699. The van der Waals surface area contributed by atoms with E-state index in [4.69, 9.17) is 0 Å². The summed E-state index contributed by atoms with van der Waals surface area (Å²) in [5.74, 6) is -0.873. The number of aryl methyl sites for hydroxylation is 1. The van der Waals surface area contributed by atoms with Crippen LogP contribution in [0.2, 0.25) is 0 Å². The summed E-state index contributed by atoms with van der Waals surface area (Å²) < 4.78 is 13.3. The maximum Gasteiger partial charge on any atom is 0.252 e. The number of amides is 2. The number of nitrogens with one attached hydrogen (secondary N) is 2. The maximum atomic E-state index is 13.3. The van der Waals surface area contributed by atoms with E-state index < -0.39 is 11.9 Å². The van der Waals surface area contributed by atoms with Gasteiger partial charge in [0.2, 0.25) is 5.91 Å². The van der Waals surface area contributed by atoms with Gasteiger partial charge in [0.1, 0.15) is 11.9 Å². The van der Waals surface area contributed by atoms with Gasteiger partial charge < -0.3 is 10.6 Å². The molecule has 5 heteroatoms. The summed E-state index contributed by atoms with van der Waals surface area (Å²) in [4.78, 5) is 25.1. The van der Waals surface area contributed by atoms with E-state index in [0.717, 1.165) is 5.56 Å². The lowest BCUT2D eigenvalue weighted by Crippen LogP contribution is -2.44. The van der Waals surface area contributed by atoms with Crippen LogP contribution >= 0.6 is 0 Å². The fourth-order valence-corrected chi connectivity index (χ4v) is 2.56. The molecule has 4 nitrogen and oxygen atoms in total. The molecule has 0 fully saturated rings. The third-order valence-corrected chi connectivity index (χ3v) is 3.81. The van der Waals surface area contributed by atoms with Gasteiger partial charge >= 0.3 is 0 Å². The molecule has 2 aromatic carbocycles. The number of benzene rings is 2. The van der Waals surface area contributed by atoms with E-state index in [1.807, 2.05) is 32.9 Å². The molecule has 0 aliphatic heterocycles. The Kier molecular flexibility index (Phi) is 6.28. The normalized spacial score (nSPS) is 11.9. The molecule has 0 heterocycles. The summed E-state index contributed by atoms with van der Waals surface area (Å²) in [5.41, 5.74) is 1.74. The van der Waals surface area contributed by atoms with Gasteiger partial charge in [-0.3, -0.25) is 9.59 Å². The lowest BCUT2D eigenvalue weighted by Gasteiger charge is -2.20. The highest BCUT2D eigenvalue weighted by molar-refractivity contribution is 6.01. The zero-order valence-corrected chi connectivity index (χ0v) is 14.7. The van der Waals surface area contributed by atoms with Crippen molar-refractivity contribution in [3.05, 3.63) is 65.5 Å². The molecule has 0 radical (unpaired) electrons. The molecule has 0 saturated heterocycles. The van der Waals surface area contributed by atoms with Crippen molar-refractivity contribution in [1.29, 1.82) is 0 Å². The maximum absolute atomic E-state index is 13.3.